The van der Waals surface area contributed by atoms with Crippen LogP contribution in [-0.4, -0.2) is 16.4 Å². The number of anilines is 1. The minimum absolute atomic E-state index is 0.0257. The van der Waals surface area contributed by atoms with Crippen LogP contribution in [-0.2, 0) is 15.9 Å². The molecule has 5 nitrogen and oxygen atoms in total. The average molecular weight is 300 g/mol. The van der Waals surface area contributed by atoms with E-state index in [0.717, 1.165) is 0 Å². The maximum atomic E-state index is 11.6. The highest BCUT2D eigenvalue weighted by atomic mass is 35.5. The first kappa shape index (κ1) is 11.8. The van der Waals surface area contributed by atoms with Crippen molar-refractivity contribution in [2.45, 2.75) is 5.50 Å². The van der Waals surface area contributed by atoms with Crippen LogP contribution < -0.4 is 10.6 Å². The van der Waals surface area contributed by atoms with Crippen LogP contribution in [0, 0.1) is 0 Å². The van der Waals surface area contributed by atoms with E-state index in [-0.39, 0.29) is 38.2 Å². The van der Waals surface area contributed by atoms with Crippen molar-refractivity contribution in [1.82, 2.24) is 10.3 Å². The molecule has 0 aromatic carbocycles. The van der Waals surface area contributed by atoms with Gasteiger partial charge in [-0.25, -0.2) is 4.98 Å². The lowest BCUT2D eigenvalue weighted by Gasteiger charge is -2.19. The Morgan fingerprint density at radius 1 is 1.19 bits per heavy atom. The van der Waals surface area contributed by atoms with Crippen LogP contribution in [0.4, 0.5) is 5.69 Å². The summed E-state index contributed by atoms with van der Waals surface area (Å²) in [4.78, 5) is 15.3. The zero-order valence-electron chi connectivity index (χ0n) is 7.38. The van der Waals surface area contributed by atoms with E-state index >= 15 is 0 Å². The predicted molar refractivity (Wildman–Crippen MR) is 62.2 cm³/mol. The van der Waals surface area contributed by atoms with Crippen molar-refractivity contribution in [3.8, 4) is 0 Å². The van der Waals surface area contributed by atoms with Crippen molar-refractivity contribution in [2.75, 3.05) is 5.32 Å². The molecule has 0 radical (unpaired) electrons. The van der Waals surface area contributed by atoms with Gasteiger partial charge in [-0.1, -0.05) is 34.8 Å². The number of nitrogens with one attached hydrogen (secondary N) is 2. The standard InChI is InChI=1S/C7H2Cl3N3O2S/c8-2-3-1(4(9)12-5(2)10)6(14)13-7(11-3)16-15/h7H,(H-,11,12,13,14)/p+1. The Morgan fingerprint density at radius 3 is 2.50 bits per heavy atom. The molecule has 0 fully saturated rings. The Labute approximate surface area is 109 Å². The summed E-state index contributed by atoms with van der Waals surface area (Å²) in [5.74, 6) is -0.516. The molecule has 1 aliphatic heterocycles. The van der Waals surface area contributed by atoms with Crippen LogP contribution in [0.25, 0.3) is 0 Å². The Hall–Kier alpha value is -0.690. The first-order valence-corrected chi connectivity index (χ1v) is 5.89. The molecule has 2 N–H and O–H groups in total. The molecule has 0 saturated carbocycles. The monoisotopic (exact) mass is 298 g/mol. The van der Waals surface area contributed by atoms with Crippen molar-refractivity contribution in [3.63, 3.8) is 0 Å². The molecule has 0 bridgehead atoms. The van der Waals surface area contributed by atoms with Gasteiger partial charge in [0.25, 0.3) is 5.91 Å². The number of rotatable bonds is 1. The molecule has 1 aliphatic rings. The van der Waals surface area contributed by atoms with Gasteiger partial charge < -0.3 is 5.32 Å². The molecule has 0 aliphatic carbocycles. The maximum Gasteiger partial charge on any atom is 0.510 e. The molecule has 9 heteroatoms. The second-order valence-electron chi connectivity index (χ2n) is 2.85. The summed E-state index contributed by atoms with van der Waals surface area (Å²) in [6.07, 6.45) is 0. The SMILES string of the molecule is O=[S+]C1NC(=O)c2c(Cl)nc(Cl)c(Cl)c2N1. The largest absolute Gasteiger partial charge is 0.510 e. The van der Waals surface area contributed by atoms with Crippen LogP contribution in [0.1, 0.15) is 10.4 Å². The Balaban J connectivity index is 2.64. The zero-order chi connectivity index (χ0) is 11.9. The third kappa shape index (κ3) is 1.82. The van der Waals surface area contributed by atoms with Gasteiger partial charge in [0.2, 0.25) is 0 Å². The summed E-state index contributed by atoms with van der Waals surface area (Å²) in [7, 11) is 0. The van der Waals surface area contributed by atoms with Gasteiger partial charge in [0.1, 0.15) is 15.7 Å². The first-order chi connectivity index (χ1) is 7.54. The van der Waals surface area contributed by atoms with Crippen LogP contribution >= 0.6 is 34.8 Å². The zero-order valence-corrected chi connectivity index (χ0v) is 10.5. The third-order valence-electron chi connectivity index (χ3n) is 1.91. The van der Waals surface area contributed by atoms with Crippen LogP contribution in [0.15, 0.2) is 0 Å². The number of amides is 1. The number of halogens is 3. The van der Waals surface area contributed by atoms with Crippen LogP contribution in [0.2, 0.25) is 15.3 Å². The molecule has 1 aromatic heterocycles. The van der Waals surface area contributed by atoms with E-state index in [1.807, 2.05) is 0 Å². The van der Waals surface area contributed by atoms with E-state index in [9.17, 15) is 9.00 Å². The third-order valence-corrected chi connectivity index (χ3v) is 3.35. The van der Waals surface area contributed by atoms with Crippen molar-refractivity contribution in [1.29, 1.82) is 0 Å². The van der Waals surface area contributed by atoms with Crippen molar-refractivity contribution < 1.29 is 9.00 Å². The Bertz CT molecular complexity index is 496. The molecule has 84 valence electrons. The summed E-state index contributed by atoms with van der Waals surface area (Å²) in [5.41, 5.74) is -0.503. The van der Waals surface area contributed by atoms with Gasteiger partial charge in [0.05, 0.1) is 5.69 Å². The topological polar surface area (TPSA) is 71.1 Å². The van der Waals surface area contributed by atoms with Crippen molar-refractivity contribution in [2.24, 2.45) is 0 Å². The highest BCUT2D eigenvalue weighted by molar-refractivity contribution is 7.66. The summed E-state index contributed by atoms with van der Waals surface area (Å²) in [5, 5.41) is 5.06. The quantitative estimate of drug-likeness (QED) is 0.614. The van der Waals surface area contributed by atoms with E-state index in [0.29, 0.717) is 0 Å². The number of hydrogen-bond donors (Lipinski definition) is 2. The number of pyridine rings is 1. The lowest BCUT2D eigenvalue weighted by molar-refractivity contribution is 0.0948. The molecule has 2 rings (SSSR count). The summed E-state index contributed by atoms with van der Waals surface area (Å²) in [6.45, 7) is 0. The minimum atomic E-state index is -0.813. The van der Waals surface area contributed by atoms with Crippen molar-refractivity contribution in [3.05, 3.63) is 20.9 Å². The molecule has 1 unspecified atom stereocenters. The lowest BCUT2D eigenvalue weighted by atomic mass is 10.2. The molecule has 1 atom stereocenters. The molecule has 2 heterocycles. The van der Waals surface area contributed by atoms with Gasteiger partial charge in [-0.15, -0.1) is 0 Å². The maximum absolute atomic E-state index is 11.6. The number of carbonyl (C=O) groups excluding carboxylic acids is 1. The number of fused-ring (bicyclic) bond motifs is 1. The van der Waals surface area contributed by atoms with Gasteiger partial charge in [-0.3, -0.25) is 10.1 Å². The van der Waals surface area contributed by atoms with Crippen molar-refractivity contribution >= 4 is 58.1 Å². The molecule has 16 heavy (non-hydrogen) atoms. The highest BCUT2D eigenvalue weighted by Crippen LogP contribution is 2.37. The Kier molecular flexibility index (Phi) is 3.16. The minimum Gasteiger partial charge on any atom is -0.309 e. The van der Waals surface area contributed by atoms with E-state index in [1.54, 1.807) is 0 Å². The van der Waals surface area contributed by atoms with E-state index in [2.05, 4.69) is 15.6 Å². The molecule has 1 amide bonds. The molecular weight excluding hydrogens is 297 g/mol. The second kappa shape index (κ2) is 4.29. The van der Waals surface area contributed by atoms with Gasteiger partial charge in [-0.2, -0.15) is 0 Å². The van der Waals surface area contributed by atoms with Gasteiger partial charge in [0.15, 0.2) is 5.15 Å². The first-order valence-electron chi connectivity index (χ1n) is 3.95. The number of nitrogens with zero attached hydrogens (tertiary/aromatic N) is 1. The van der Waals surface area contributed by atoms with Gasteiger partial charge in [-0.05, 0) is 0 Å². The number of aromatic nitrogens is 1. The fourth-order valence-electron chi connectivity index (χ4n) is 1.26. The summed E-state index contributed by atoms with van der Waals surface area (Å²) < 4.78 is 10.6. The summed E-state index contributed by atoms with van der Waals surface area (Å²) in [6, 6.07) is 0. The number of hydrogen-bond acceptors (Lipinski definition) is 4. The average Bonchev–Trinajstić information content (AvgIpc) is 2.24. The molecule has 0 spiro atoms. The highest BCUT2D eigenvalue weighted by Gasteiger charge is 2.36. The smallest absolute Gasteiger partial charge is 0.309 e. The predicted octanol–water partition coefficient (Wildman–Crippen LogP) is 1.91. The Morgan fingerprint density at radius 2 is 1.88 bits per heavy atom. The fourth-order valence-corrected chi connectivity index (χ4v) is 2.26. The van der Waals surface area contributed by atoms with Crippen LogP contribution in [0.3, 0.4) is 0 Å². The van der Waals surface area contributed by atoms with Gasteiger partial charge >= 0.3 is 17.2 Å². The van der Waals surface area contributed by atoms with E-state index in [4.69, 9.17) is 34.8 Å². The van der Waals surface area contributed by atoms with Crippen LogP contribution in [0.5, 0.6) is 0 Å². The van der Waals surface area contributed by atoms with E-state index < -0.39 is 11.4 Å². The normalized spacial score (nSPS) is 18.4. The lowest BCUT2D eigenvalue weighted by Crippen LogP contribution is -2.44. The fraction of sp³-hybridized carbons (Fsp3) is 0.143. The number of carbonyl (C=O) groups is 1. The summed E-state index contributed by atoms with van der Waals surface area (Å²) >= 11 is 17.5. The molecule has 1 aromatic rings. The molecule has 0 saturated heterocycles. The van der Waals surface area contributed by atoms with E-state index in [1.165, 1.54) is 0 Å². The molecular formula is C7H3Cl3N3O2S+. The van der Waals surface area contributed by atoms with Gasteiger partial charge in [0, 0.05) is 4.21 Å². The second-order valence-corrected chi connectivity index (χ2v) is 4.61.